The van der Waals surface area contributed by atoms with Crippen LogP contribution in [0.3, 0.4) is 0 Å². The first-order valence-corrected chi connectivity index (χ1v) is 9.00. The highest BCUT2D eigenvalue weighted by molar-refractivity contribution is 5.59. The zero-order chi connectivity index (χ0) is 19.5. The fraction of sp³-hybridized carbons (Fsp3) is 0.100. The third-order valence-electron chi connectivity index (χ3n) is 4.40. The normalized spacial score (nSPS) is 11.0. The lowest BCUT2D eigenvalue weighted by molar-refractivity contribution is 0.584. The van der Waals surface area contributed by atoms with Gasteiger partial charge in [-0.3, -0.25) is 0 Å². The van der Waals surface area contributed by atoms with Crippen LogP contribution in [0.25, 0.3) is 22.9 Å². The maximum Gasteiger partial charge on any atom is 0.248 e. The predicted molar refractivity (Wildman–Crippen MR) is 103 cm³/mol. The molecule has 0 saturated heterocycles. The molecule has 3 aromatic heterocycles. The molecule has 0 fully saturated rings. The topological polar surface area (TPSA) is 100 Å². The standard InChI is InChI=1S/C20H16N8O/c1-3-15(9-27-13-21-11-23-27)7-17(5-1)19-25-26-20(29-19)18-6-2-4-16(8-18)10-28-14-22-12-24-28/h1-8,11-14H,9-10H2. The lowest BCUT2D eigenvalue weighted by Gasteiger charge is -2.03. The highest BCUT2D eigenvalue weighted by atomic mass is 16.4. The van der Waals surface area contributed by atoms with Crippen molar-refractivity contribution in [2.75, 3.05) is 0 Å². The molecule has 29 heavy (non-hydrogen) atoms. The van der Waals surface area contributed by atoms with Gasteiger partial charge in [0.25, 0.3) is 0 Å². The summed E-state index contributed by atoms with van der Waals surface area (Å²) >= 11 is 0. The first-order valence-electron chi connectivity index (χ1n) is 9.00. The molecule has 0 saturated carbocycles. The van der Waals surface area contributed by atoms with Crippen LogP contribution in [-0.4, -0.2) is 39.7 Å². The maximum absolute atomic E-state index is 5.94. The van der Waals surface area contributed by atoms with Gasteiger partial charge in [-0.2, -0.15) is 10.2 Å². The van der Waals surface area contributed by atoms with Crippen molar-refractivity contribution in [2.24, 2.45) is 0 Å². The number of nitrogens with zero attached hydrogens (tertiary/aromatic N) is 8. The van der Waals surface area contributed by atoms with Gasteiger partial charge in [0, 0.05) is 11.1 Å². The Balaban J connectivity index is 1.38. The molecule has 0 aliphatic rings. The molecular weight excluding hydrogens is 368 g/mol. The summed E-state index contributed by atoms with van der Waals surface area (Å²) in [5, 5.41) is 16.7. The first-order chi connectivity index (χ1) is 14.3. The molecule has 0 unspecified atom stereocenters. The van der Waals surface area contributed by atoms with Crippen LogP contribution in [0.15, 0.2) is 78.3 Å². The van der Waals surface area contributed by atoms with Gasteiger partial charge in [-0.25, -0.2) is 19.3 Å². The smallest absolute Gasteiger partial charge is 0.248 e. The molecule has 9 heteroatoms. The first kappa shape index (κ1) is 17.0. The van der Waals surface area contributed by atoms with E-state index in [-0.39, 0.29) is 0 Å². The van der Waals surface area contributed by atoms with Crippen molar-refractivity contribution in [3.8, 4) is 22.9 Å². The summed E-state index contributed by atoms with van der Waals surface area (Å²) in [5.74, 6) is 0.948. The molecule has 0 amide bonds. The minimum Gasteiger partial charge on any atom is -0.416 e. The van der Waals surface area contributed by atoms with Gasteiger partial charge in [0.1, 0.15) is 25.3 Å². The van der Waals surface area contributed by atoms with Gasteiger partial charge in [0.05, 0.1) is 13.1 Å². The van der Waals surface area contributed by atoms with E-state index in [1.807, 2.05) is 48.5 Å². The Labute approximate surface area is 165 Å². The van der Waals surface area contributed by atoms with E-state index in [0.717, 1.165) is 22.3 Å². The zero-order valence-electron chi connectivity index (χ0n) is 15.3. The second-order valence-electron chi connectivity index (χ2n) is 6.50. The van der Waals surface area contributed by atoms with Gasteiger partial charge in [0.15, 0.2) is 0 Å². The van der Waals surface area contributed by atoms with Crippen molar-refractivity contribution < 1.29 is 4.42 Å². The van der Waals surface area contributed by atoms with E-state index in [4.69, 9.17) is 4.42 Å². The molecule has 0 bridgehead atoms. The fourth-order valence-corrected chi connectivity index (χ4v) is 3.06. The van der Waals surface area contributed by atoms with Gasteiger partial charge < -0.3 is 4.42 Å². The minimum atomic E-state index is 0.474. The molecule has 9 nitrogen and oxygen atoms in total. The van der Waals surface area contributed by atoms with E-state index in [9.17, 15) is 0 Å². The van der Waals surface area contributed by atoms with E-state index >= 15 is 0 Å². The van der Waals surface area contributed by atoms with Crippen LogP contribution in [0.2, 0.25) is 0 Å². The van der Waals surface area contributed by atoms with E-state index in [2.05, 4.69) is 30.4 Å². The quantitative estimate of drug-likeness (QED) is 0.444. The van der Waals surface area contributed by atoms with E-state index < -0.39 is 0 Å². The van der Waals surface area contributed by atoms with Crippen LogP contribution in [0, 0.1) is 0 Å². The fourth-order valence-electron chi connectivity index (χ4n) is 3.06. The molecule has 2 aromatic carbocycles. The summed E-state index contributed by atoms with van der Waals surface area (Å²) in [7, 11) is 0. The predicted octanol–water partition coefficient (Wildman–Crippen LogP) is 2.68. The molecule has 5 rings (SSSR count). The molecule has 0 radical (unpaired) electrons. The summed E-state index contributed by atoms with van der Waals surface area (Å²) < 4.78 is 9.47. The van der Waals surface area contributed by atoms with E-state index in [1.54, 1.807) is 22.0 Å². The summed E-state index contributed by atoms with van der Waals surface area (Å²) in [4.78, 5) is 7.94. The molecule has 0 aliphatic carbocycles. The van der Waals surface area contributed by atoms with E-state index in [0.29, 0.717) is 24.9 Å². The summed E-state index contributed by atoms with van der Waals surface area (Å²) in [6.07, 6.45) is 6.41. The second-order valence-corrected chi connectivity index (χ2v) is 6.50. The number of hydrogen-bond donors (Lipinski definition) is 0. The summed E-state index contributed by atoms with van der Waals surface area (Å²) in [6, 6.07) is 15.9. The third-order valence-corrected chi connectivity index (χ3v) is 4.40. The summed E-state index contributed by atoms with van der Waals surface area (Å²) in [5.41, 5.74) is 3.87. The van der Waals surface area contributed by atoms with Gasteiger partial charge >= 0.3 is 0 Å². The lowest BCUT2D eigenvalue weighted by Crippen LogP contribution is -1.99. The largest absolute Gasteiger partial charge is 0.416 e. The van der Waals surface area contributed by atoms with Crippen LogP contribution in [-0.2, 0) is 13.1 Å². The van der Waals surface area contributed by atoms with Crippen molar-refractivity contribution in [3.05, 3.63) is 85.0 Å². The molecule has 142 valence electrons. The number of rotatable bonds is 6. The Hall–Kier alpha value is -4.14. The average molecular weight is 384 g/mol. The SMILES string of the molecule is c1cc(Cn2cncn2)cc(-c2nnc(-c3cccc(Cn4cncn4)c3)o2)c1. The number of benzene rings is 2. The minimum absolute atomic E-state index is 0.474. The molecule has 3 heterocycles. The Kier molecular flexibility index (Phi) is 4.38. The molecule has 0 N–H and O–H groups in total. The van der Waals surface area contributed by atoms with Crippen molar-refractivity contribution in [2.45, 2.75) is 13.1 Å². The van der Waals surface area contributed by atoms with Crippen LogP contribution >= 0.6 is 0 Å². The lowest BCUT2D eigenvalue weighted by atomic mass is 10.1. The Morgan fingerprint density at radius 2 is 1.21 bits per heavy atom. The molecule has 0 atom stereocenters. The van der Waals surface area contributed by atoms with Crippen molar-refractivity contribution >= 4 is 0 Å². The number of aromatic nitrogens is 8. The van der Waals surface area contributed by atoms with E-state index in [1.165, 1.54) is 12.7 Å². The van der Waals surface area contributed by atoms with Gasteiger partial charge in [-0.1, -0.05) is 24.3 Å². The maximum atomic E-state index is 5.94. The van der Waals surface area contributed by atoms with Crippen LogP contribution in [0.1, 0.15) is 11.1 Å². The van der Waals surface area contributed by atoms with Crippen molar-refractivity contribution in [3.63, 3.8) is 0 Å². The Morgan fingerprint density at radius 1 is 0.690 bits per heavy atom. The zero-order valence-corrected chi connectivity index (χ0v) is 15.3. The molecule has 0 spiro atoms. The number of hydrogen-bond acceptors (Lipinski definition) is 7. The second kappa shape index (κ2) is 7.47. The Bertz CT molecular complexity index is 1120. The van der Waals surface area contributed by atoms with Gasteiger partial charge in [0.2, 0.25) is 11.8 Å². The average Bonchev–Trinajstić information content (AvgIpc) is 3.51. The van der Waals surface area contributed by atoms with Crippen molar-refractivity contribution in [1.82, 2.24) is 39.7 Å². The monoisotopic (exact) mass is 384 g/mol. The molecule has 5 aromatic rings. The van der Waals surface area contributed by atoms with Crippen LogP contribution in [0.5, 0.6) is 0 Å². The molecule has 0 aliphatic heterocycles. The van der Waals surface area contributed by atoms with Gasteiger partial charge in [-0.15, -0.1) is 10.2 Å². The third kappa shape index (κ3) is 3.79. The highest BCUT2D eigenvalue weighted by Crippen LogP contribution is 2.25. The van der Waals surface area contributed by atoms with Crippen LogP contribution in [0.4, 0.5) is 0 Å². The van der Waals surface area contributed by atoms with Gasteiger partial charge in [-0.05, 0) is 35.4 Å². The van der Waals surface area contributed by atoms with Crippen molar-refractivity contribution in [1.29, 1.82) is 0 Å². The molecular formula is C20H16N8O. The highest BCUT2D eigenvalue weighted by Gasteiger charge is 2.12. The Morgan fingerprint density at radius 3 is 1.66 bits per heavy atom. The van der Waals surface area contributed by atoms with Crippen LogP contribution < -0.4 is 0 Å². The summed E-state index contributed by atoms with van der Waals surface area (Å²) in [6.45, 7) is 1.25.